The van der Waals surface area contributed by atoms with Crippen molar-refractivity contribution in [2.45, 2.75) is 26.4 Å². The summed E-state index contributed by atoms with van der Waals surface area (Å²) in [6, 6.07) is 9.10. The van der Waals surface area contributed by atoms with E-state index in [0.29, 0.717) is 16.5 Å². The van der Waals surface area contributed by atoms with Crippen molar-refractivity contribution in [2.75, 3.05) is 32.1 Å². The van der Waals surface area contributed by atoms with E-state index in [2.05, 4.69) is 5.32 Å². The van der Waals surface area contributed by atoms with E-state index < -0.39 is 11.7 Å². The number of amides is 3. The van der Waals surface area contributed by atoms with Gasteiger partial charge in [-0.25, -0.2) is 4.79 Å². The second-order valence-corrected chi connectivity index (χ2v) is 7.95. The van der Waals surface area contributed by atoms with Gasteiger partial charge in [0.25, 0.3) is 11.8 Å². The van der Waals surface area contributed by atoms with Gasteiger partial charge < -0.3 is 15.0 Å². The molecule has 1 aliphatic heterocycles. The number of benzene rings is 2. The molecule has 1 N–H and O–H groups in total. The summed E-state index contributed by atoms with van der Waals surface area (Å²) in [5, 5.41) is 4.14. The lowest BCUT2D eigenvalue weighted by molar-refractivity contribution is 0.0496. The molecule has 0 spiro atoms. The zero-order valence-corrected chi connectivity index (χ0v) is 16.8. The van der Waals surface area contributed by atoms with Gasteiger partial charge in [-0.05, 0) is 39.0 Å². The summed E-state index contributed by atoms with van der Waals surface area (Å²) in [6.45, 7) is 5.49. The maximum absolute atomic E-state index is 12.9. The van der Waals surface area contributed by atoms with E-state index in [0.717, 1.165) is 11.1 Å². The number of alkyl carbamates (subject to hydrolysis) is 1. The Labute approximate surface area is 164 Å². The second-order valence-electron chi connectivity index (χ2n) is 7.95. The molecule has 28 heavy (non-hydrogen) atoms. The van der Waals surface area contributed by atoms with Crippen LogP contribution in [0.15, 0.2) is 30.3 Å². The van der Waals surface area contributed by atoms with Gasteiger partial charge in [-0.15, -0.1) is 0 Å². The molecule has 3 rings (SSSR count). The lowest BCUT2D eigenvalue weighted by Gasteiger charge is -2.28. The molecule has 1 heterocycles. The summed E-state index contributed by atoms with van der Waals surface area (Å²) >= 11 is 0. The van der Waals surface area contributed by atoms with Crippen molar-refractivity contribution in [3.63, 3.8) is 0 Å². The van der Waals surface area contributed by atoms with E-state index in [1.54, 1.807) is 32.9 Å². The van der Waals surface area contributed by atoms with E-state index in [4.69, 9.17) is 4.74 Å². The fraction of sp³-hybridized carbons (Fsp3) is 0.381. The summed E-state index contributed by atoms with van der Waals surface area (Å²) < 4.78 is 5.18. The van der Waals surface area contributed by atoms with Crippen molar-refractivity contribution in [2.24, 2.45) is 0 Å². The first-order valence-corrected chi connectivity index (χ1v) is 9.16. The molecule has 3 amide bonds. The SMILES string of the molecule is CN(C)c1ccc2c3c(cccc13)C(=O)N(CCNC(=O)OC(C)(C)C)C2=O. The van der Waals surface area contributed by atoms with Gasteiger partial charge in [-0.2, -0.15) is 0 Å². The minimum atomic E-state index is -0.612. The van der Waals surface area contributed by atoms with E-state index in [-0.39, 0.29) is 24.9 Å². The Kier molecular flexibility index (Phi) is 5.02. The smallest absolute Gasteiger partial charge is 0.407 e. The number of anilines is 1. The van der Waals surface area contributed by atoms with Crippen molar-refractivity contribution in [1.29, 1.82) is 0 Å². The predicted octanol–water partition coefficient (Wildman–Crippen LogP) is 3.03. The molecule has 0 atom stereocenters. The van der Waals surface area contributed by atoms with E-state index in [1.807, 2.05) is 37.2 Å². The monoisotopic (exact) mass is 383 g/mol. The van der Waals surface area contributed by atoms with Crippen LogP contribution in [-0.2, 0) is 4.74 Å². The number of carbonyl (C=O) groups is 3. The average Bonchev–Trinajstić information content (AvgIpc) is 2.60. The molecule has 0 aliphatic carbocycles. The first-order chi connectivity index (χ1) is 13.1. The van der Waals surface area contributed by atoms with Gasteiger partial charge in [0.2, 0.25) is 0 Å². The van der Waals surface area contributed by atoms with Crippen LogP contribution < -0.4 is 10.2 Å². The van der Waals surface area contributed by atoms with E-state index in [1.165, 1.54) is 4.90 Å². The van der Waals surface area contributed by atoms with Crippen LogP contribution in [0.5, 0.6) is 0 Å². The van der Waals surface area contributed by atoms with Gasteiger partial charge in [0, 0.05) is 54.8 Å². The molecule has 7 heteroatoms. The number of hydrogen-bond donors (Lipinski definition) is 1. The van der Waals surface area contributed by atoms with Gasteiger partial charge in [0.05, 0.1) is 0 Å². The molecule has 0 radical (unpaired) electrons. The molecule has 2 aromatic carbocycles. The topological polar surface area (TPSA) is 79.0 Å². The number of rotatable bonds is 4. The van der Waals surface area contributed by atoms with Crippen molar-refractivity contribution < 1.29 is 19.1 Å². The van der Waals surface area contributed by atoms with Crippen molar-refractivity contribution >= 4 is 34.4 Å². The molecule has 0 saturated carbocycles. The number of nitrogens with zero attached hydrogens (tertiary/aromatic N) is 2. The van der Waals surface area contributed by atoms with E-state index in [9.17, 15) is 14.4 Å². The molecule has 1 aliphatic rings. The maximum Gasteiger partial charge on any atom is 0.407 e. The van der Waals surface area contributed by atoms with Gasteiger partial charge >= 0.3 is 6.09 Å². The number of imide groups is 1. The predicted molar refractivity (Wildman–Crippen MR) is 108 cm³/mol. The molecule has 0 saturated heterocycles. The summed E-state index contributed by atoms with van der Waals surface area (Å²) in [5.74, 6) is -0.713. The Morgan fingerprint density at radius 1 is 1.07 bits per heavy atom. The summed E-state index contributed by atoms with van der Waals surface area (Å²) in [4.78, 5) is 40.8. The highest BCUT2D eigenvalue weighted by molar-refractivity contribution is 6.26. The minimum Gasteiger partial charge on any atom is -0.444 e. The normalized spacial score (nSPS) is 13.7. The lowest BCUT2D eigenvalue weighted by atomic mass is 9.93. The van der Waals surface area contributed by atoms with Crippen LogP contribution in [0, 0.1) is 0 Å². The zero-order valence-electron chi connectivity index (χ0n) is 16.8. The van der Waals surface area contributed by atoms with Crippen LogP contribution in [0.4, 0.5) is 10.5 Å². The van der Waals surface area contributed by atoms with Crippen LogP contribution in [0.2, 0.25) is 0 Å². The molecule has 0 aromatic heterocycles. The van der Waals surface area contributed by atoms with Gasteiger partial charge in [0.15, 0.2) is 0 Å². The molecule has 2 aromatic rings. The summed E-state index contributed by atoms with van der Waals surface area (Å²) in [6.07, 6.45) is -0.581. The second kappa shape index (κ2) is 7.14. The summed E-state index contributed by atoms with van der Waals surface area (Å²) in [5.41, 5.74) is 1.32. The Bertz CT molecular complexity index is 938. The third-order valence-electron chi connectivity index (χ3n) is 4.45. The molecule has 0 bridgehead atoms. The third-order valence-corrected chi connectivity index (χ3v) is 4.45. The quantitative estimate of drug-likeness (QED) is 0.821. The Hall–Kier alpha value is -3.09. The fourth-order valence-corrected chi connectivity index (χ4v) is 3.31. The van der Waals surface area contributed by atoms with Gasteiger partial charge in [-0.1, -0.05) is 12.1 Å². The highest BCUT2D eigenvalue weighted by atomic mass is 16.6. The largest absolute Gasteiger partial charge is 0.444 e. The first-order valence-electron chi connectivity index (χ1n) is 9.16. The first kappa shape index (κ1) is 19.7. The number of nitrogens with one attached hydrogen (secondary N) is 1. The maximum atomic E-state index is 12.9. The number of hydrogen-bond acceptors (Lipinski definition) is 5. The lowest BCUT2D eigenvalue weighted by Crippen LogP contribution is -2.45. The van der Waals surface area contributed by atoms with Crippen LogP contribution in [0.3, 0.4) is 0 Å². The summed E-state index contributed by atoms with van der Waals surface area (Å²) in [7, 11) is 3.84. The highest BCUT2D eigenvalue weighted by Crippen LogP contribution is 2.35. The van der Waals surface area contributed by atoms with Crippen molar-refractivity contribution in [3.05, 3.63) is 41.5 Å². The van der Waals surface area contributed by atoms with Crippen molar-refractivity contribution in [3.8, 4) is 0 Å². The molecular formula is C21H25N3O4. The van der Waals surface area contributed by atoms with Gasteiger partial charge in [-0.3, -0.25) is 14.5 Å². The highest BCUT2D eigenvalue weighted by Gasteiger charge is 2.33. The van der Waals surface area contributed by atoms with Crippen LogP contribution in [0.25, 0.3) is 10.8 Å². The zero-order chi connectivity index (χ0) is 20.6. The molecule has 148 valence electrons. The van der Waals surface area contributed by atoms with Crippen molar-refractivity contribution in [1.82, 2.24) is 10.2 Å². The molecule has 0 unspecified atom stereocenters. The molecular weight excluding hydrogens is 358 g/mol. The standard InChI is InChI=1S/C21H25N3O4/c1-21(2,3)28-20(27)22-11-12-24-18(25)14-8-6-7-13-16(23(4)5)10-9-15(17(13)14)19(24)26/h6-10H,11-12H2,1-5H3,(H,22,27). The Morgan fingerprint density at radius 3 is 2.32 bits per heavy atom. The minimum absolute atomic E-state index is 0.0716. The molecule has 7 nitrogen and oxygen atoms in total. The average molecular weight is 383 g/mol. The molecule has 0 fully saturated rings. The Balaban J connectivity index is 1.84. The van der Waals surface area contributed by atoms with Crippen LogP contribution in [-0.4, -0.2) is 55.6 Å². The number of ether oxygens (including phenoxy) is 1. The fourth-order valence-electron chi connectivity index (χ4n) is 3.31. The Morgan fingerprint density at radius 2 is 1.71 bits per heavy atom. The van der Waals surface area contributed by atoms with E-state index >= 15 is 0 Å². The van der Waals surface area contributed by atoms with Gasteiger partial charge in [0.1, 0.15) is 5.60 Å². The third kappa shape index (κ3) is 3.65. The number of carbonyl (C=O) groups excluding carboxylic acids is 3. The van der Waals surface area contributed by atoms with Crippen LogP contribution >= 0.6 is 0 Å². The van der Waals surface area contributed by atoms with Crippen LogP contribution in [0.1, 0.15) is 41.5 Å².